The van der Waals surface area contributed by atoms with Crippen molar-refractivity contribution in [3.63, 3.8) is 0 Å². The molecule has 0 nitrogen and oxygen atoms in total. The summed E-state index contributed by atoms with van der Waals surface area (Å²) >= 11 is 0. The van der Waals surface area contributed by atoms with Crippen molar-refractivity contribution in [3.05, 3.63) is 69.9 Å². The summed E-state index contributed by atoms with van der Waals surface area (Å²) in [6.07, 6.45) is 15.0. The van der Waals surface area contributed by atoms with E-state index in [9.17, 15) is 0 Å². The third kappa shape index (κ3) is 2.10. The van der Waals surface area contributed by atoms with Crippen LogP contribution in [0.4, 0.5) is 0 Å². The molecule has 0 N–H and O–H groups in total. The van der Waals surface area contributed by atoms with Crippen molar-refractivity contribution in [1.29, 1.82) is 0 Å². The van der Waals surface area contributed by atoms with Gasteiger partial charge < -0.3 is 0 Å². The molecule has 0 aliphatic heterocycles. The molecule has 0 aromatic carbocycles. The summed E-state index contributed by atoms with van der Waals surface area (Å²) < 4.78 is 0. The van der Waals surface area contributed by atoms with Gasteiger partial charge in [0.05, 0.1) is 0 Å². The molecule has 0 heterocycles. The van der Waals surface area contributed by atoms with Gasteiger partial charge in [0.25, 0.3) is 0 Å². The molecule has 1 atom stereocenters. The molecule has 3 rings (SSSR count). The van der Waals surface area contributed by atoms with Gasteiger partial charge in [0.15, 0.2) is 0 Å². The summed E-state index contributed by atoms with van der Waals surface area (Å²) in [7, 11) is 0. The average Bonchev–Trinajstić information content (AvgIpc) is 3.07. The maximum atomic E-state index is 2.40. The van der Waals surface area contributed by atoms with Crippen LogP contribution in [0.25, 0.3) is 0 Å². The van der Waals surface area contributed by atoms with E-state index in [1.54, 1.807) is 11.1 Å². The summed E-state index contributed by atoms with van der Waals surface area (Å²) in [6, 6.07) is 0. The predicted octanol–water partition coefficient (Wildman–Crippen LogP) is 5.29. The van der Waals surface area contributed by atoms with Crippen molar-refractivity contribution in [2.75, 3.05) is 0 Å². The van der Waals surface area contributed by atoms with Crippen molar-refractivity contribution in [1.82, 2.24) is 0 Å². The fraction of sp³-hybridized carbons (Fsp3) is 0.368. The van der Waals surface area contributed by atoms with E-state index in [1.807, 2.05) is 0 Å². The summed E-state index contributed by atoms with van der Waals surface area (Å²) in [6.45, 7) is 8.98. The molecule has 0 bridgehead atoms. The lowest BCUT2D eigenvalue weighted by Crippen LogP contribution is -2.01. The van der Waals surface area contributed by atoms with Gasteiger partial charge in [-0.25, -0.2) is 0 Å². The van der Waals surface area contributed by atoms with E-state index in [0.29, 0.717) is 11.8 Å². The maximum Gasteiger partial charge on any atom is 0.0308 e. The van der Waals surface area contributed by atoms with Crippen molar-refractivity contribution in [2.45, 2.75) is 34.1 Å². The average molecular weight is 250 g/mol. The number of rotatable bonds is 2. The number of hydrogen-bond donors (Lipinski definition) is 0. The van der Waals surface area contributed by atoms with Gasteiger partial charge in [-0.3, -0.25) is 0 Å². The van der Waals surface area contributed by atoms with E-state index in [2.05, 4.69) is 64.2 Å². The van der Waals surface area contributed by atoms with Crippen molar-refractivity contribution in [2.24, 2.45) is 11.8 Å². The van der Waals surface area contributed by atoms with Crippen LogP contribution in [0.15, 0.2) is 69.9 Å². The molecule has 0 saturated carbocycles. The molecule has 0 amide bonds. The molecule has 19 heavy (non-hydrogen) atoms. The number of allylic oxidation sites excluding steroid dienone is 12. The minimum Gasteiger partial charge on any atom is -0.0817 e. The first kappa shape index (κ1) is 12.5. The van der Waals surface area contributed by atoms with E-state index >= 15 is 0 Å². The van der Waals surface area contributed by atoms with Crippen LogP contribution >= 0.6 is 0 Å². The molecule has 0 aromatic heterocycles. The van der Waals surface area contributed by atoms with Gasteiger partial charge in [0.2, 0.25) is 0 Å². The first-order valence-corrected chi connectivity index (χ1v) is 7.28. The Hall–Kier alpha value is -1.56. The lowest BCUT2D eigenvalue weighted by Gasteiger charge is -2.17. The fourth-order valence-corrected chi connectivity index (χ4v) is 3.10. The molecule has 0 saturated heterocycles. The molecule has 1 unspecified atom stereocenters. The second-order valence-corrected chi connectivity index (χ2v) is 6.13. The third-order valence-electron chi connectivity index (χ3n) is 4.21. The smallest absolute Gasteiger partial charge is 0.0308 e. The van der Waals surface area contributed by atoms with Gasteiger partial charge in [0, 0.05) is 5.92 Å². The summed E-state index contributed by atoms with van der Waals surface area (Å²) in [4.78, 5) is 0. The molecule has 3 aliphatic rings. The highest BCUT2D eigenvalue weighted by Crippen LogP contribution is 2.55. The Kier molecular flexibility index (Phi) is 2.97. The Balaban J connectivity index is 2.06. The summed E-state index contributed by atoms with van der Waals surface area (Å²) in [5.41, 5.74) is 8.94. The van der Waals surface area contributed by atoms with Crippen LogP contribution in [0, 0.1) is 11.8 Å². The molecule has 0 aromatic rings. The Morgan fingerprint density at radius 2 is 2.05 bits per heavy atom. The highest BCUT2D eigenvalue weighted by Gasteiger charge is 2.41. The lowest BCUT2D eigenvalue weighted by atomic mass is 9.87. The normalized spacial score (nSPS) is 25.4. The largest absolute Gasteiger partial charge is 0.0817 e. The van der Waals surface area contributed by atoms with Crippen molar-refractivity contribution < 1.29 is 0 Å². The zero-order chi connectivity index (χ0) is 13.6. The third-order valence-corrected chi connectivity index (χ3v) is 4.21. The Labute approximate surface area is 116 Å². The Morgan fingerprint density at radius 3 is 2.79 bits per heavy atom. The van der Waals surface area contributed by atoms with Gasteiger partial charge in [-0.15, -0.1) is 0 Å². The quantitative estimate of drug-likeness (QED) is 0.625. The molecule has 0 fully saturated rings. The molecular weight excluding hydrogens is 228 g/mol. The van der Waals surface area contributed by atoms with Crippen LogP contribution in [0.2, 0.25) is 0 Å². The van der Waals surface area contributed by atoms with E-state index < -0.39 is 0 Å². The zero-order valence-corrected chi connectivity index (χ0v) is 12.3. The van der Waals surface area contributed by atoms with E-state index in [-0.39, 0.29) is 0 Å². The SMILES string of the molecule is CC1=C2C=C(C=CC(C)C)C3C(C)=C3C2=CCC=C1. The van der Waals surface area contributed by atoms with Crippen LogP contribution in [-0.4, -0.2) is 0 Å². The summed E-state index contributed by atoms with van der Waals surface area (Å²) in [5, 5.41) is 0. The van der Waals surface area contributed by atoms with E-state index in [0.717, 1.165) is 6.42 Å². The van der Waals surface area contributed by atoms with Gasteiger partial charge >= 0.3 is 0 Å². The Morgan fingerprint density at radius 1 is 1.26 bits per heavy atom. The Bertz CT molecular complexity index is 598. The van der Waals surface area contributed by atoms with Gasteiger partial charge in [-0.2, -0.15) is 0 Å². The highest BCUT2D eigenvalue weighted by molar-refractivity contribution is 5.74. The van der Waals surface area contributed by atoms with E-state index in [4.69, 9.17) is 0 Å². The monoisotopic (exact) mass is 250 g/mol. The predicted molar refractivity (Wildman–Crippen MR) is 82.8 cm³/mol. The standard InChI is InChI=1S/C19H22/c1-12(2)9-10-15-11-17-13(3)7-5-6-8-16(17)19-14(4)18(15)19/h5,7-12,18H,6H2,1-4H3. The zero-order valence-electron chi connectivity index (χ0n) is 12.3. The number of hydrogen-bond acceptors (Lipinski definition) is 0. The molecule has 0 radical (unpaired) electrons. The molecule has 3 aliphatic carbocycles. The maximum absolute atomic E-state index is 2.40. The highest BCUT2D eigenvalue weighted by atomic mass is 14.4. The molecule has 98 valence electrons. The second kappa shape index (κ2) is 4.52. The first-order chi connectivity index (χ1) is 9.09. The first-order valence-electron chi connectivity index (χ1n) is 7.28. The van der Waals surface area contributed by atoms with Crippen molar-refractivity contribution >= 4 is 0 Å². The summed E-state index contributed by atoms with van der Waals surface area (Å²) in [5.74, 6) is 1.22. The van der Waals surface area contributed by atoms with E-state index in [1.165, 1.54) is 22.3 Å². The van der Waals surface area contributed by atoms with Crippen LogP contribution < -0.4 is 0 Å². The lowest BCUT2D eigenvalue weighted by molar-refractivity contribution is 0.828. The van der Waals surface area contributed by atoms with Crippen LogP contribution in [-0.2, 0) is 0 Å². The van der Waals surface area contributed by atoms with Crippen LogP contribution in [0.5, 0.6) is 0 Å². The van der Waals surface area contributed by atoms with Crippen LogP contribution in [0.1, 0.15) is 34.1 Å². The minimum absolute atomic E-state index is 0.607. The molecule has 0 spiro atoms. The topological polar surface area (TPSA) is 0 Å². The minimum atomic E-state index is 0.607. The molecule has 0 heteroatoms. The van der Waals surface area contributed by atoms with Gasteiger partial charge in [-0.1, -0.05) is 49.8 Å². The number of fused-ring (bicyclic) bond motifs is 3. The second-order valence-electron chi connectivity index (χ2n) is 6.13. The van der Waals surface area contributed by atoms with Gasteiger partial charge in [-0.05, 0) is 60.1 Å². The van der Waals surface area contributed by atoms with Gasteiger partial charge in [0.1, 0.15) is 0 Å². The van der Waals surface area contributed by atoms with Crippen LogP contribution in [0.3, 0.4) is 0 Å². The molecular formula is C19H22. The van der Waals surface area contributed by atoms with Crippen molar-refractivity contribution in [3.8, 4) is 0 Å². The fourth-order valence-electron chi connectivity index (χ4n) is 3.10.